The second kappa shape index (κ2) is 6.39. The summed E-state index contributed by atoms with van der Waals surface area (Å²) in [6.45, 7) is 8.03. The van der Waals surface area contributed by atoms with Crippen LogP contribution in [0.2, 0.25) is 0 Å². The van der Waals surface area contributed by atoms with Crippen LogP contribution in [0, 0.1) is 12.8 Å². The van der Waals surface area contributed by atoms with Crippen molar-refractivity contribution in [3.05, 3.63) is 11.4 Å². The van der Waals surface area contributed by atoms with E-state index in [-0.39, 0.29) is 6.10 Å². The molecule has 1 aromatic rings. The van der Waals surface area contributed by atoms with E-state index in [0.717, 1.165) is 55.4 Å². The molecule has 1 aliphatic carbocycles. The van der Waals surface area contributed by atoms with E-state index in [4.69, 9.17) is 0 Å². The number of hydrogen-bond donors (Lipinski definition) is 2. The summed E-state index contributed by atoms with van der Waals surface area (Å²) in [4.78, 5) is 11.4. The molecule has 1 heterocycles. The number of aliphatic hydroxyl groups is 1. The predicted molar refractivity (Wildman–Crippen MR) is 82.3 cm³/mol. The Morgan fingerprint density at radius 1 is 1.30 bits per heavy atom. The molecule has 1 aromatic heterocycles. The van der Waals surface area contributed by atoms with Gasteiger partial charge in [-0.2, -0.15) is 0 Å². The molecule has 2 N–H and O–H groups in total. The molecule has 112 valence electrons. The van der Waals surface area contributed by atoms with Gasteiger partial charge in [-0.05, 0) is 32.6 Å². The zero-order chi connectivity index (χ0) is 14.7. The van der Waals surface area contributed by atoms with Crippen molar-refractivity contribution in [2.45, 2.75) is 46.1 Å². The van der Waals surface area contributed by atoms with Gasteiger partial charge >= 0.3 is 0 Å². The Morgan fingerprint density at radius 3 is 2.55 bits per heavy atom. The Balaban J connectivity index is 2.17. The van der Waals surface area contributed by atoms with Crippen LogP contribution in [0.15, 0.2) is 0 Å². The number of aromatic nitrogens is 2. The monoisotopic (exact) mass is 278 g/mol. The molecule has 0 atom stereocenters. The van der Waals surface area contributed by atoms with Gasteiger partial charge < -0.3 is 15.3 Å². The minimum absolute atomic E-state index is 0.0941. The second-order valence-corrected chi connectivity index (χ2v) is 5.69. The maximum Gasteiger partial charge on any atom is 0.137 e. The highest BCUT2D eigenvalue weighted by atomic mass is 16.3. The maximum absolute atomic E-state index is 9.40. The highest BCUT2D eigenvalue weighted by Gasteiger charge is 2.28. The van der Waals surface area contributed by atoms with Gasteiger partial charge in [0.1, 0.15) is 17.5 Å². The van der Waals surface area contributed by atoms with Crippen molar-refractivity contribution in [1.82, 2.24) is 9.97 Å². The molecule has 1 saturated carbocycles. The molecular weight excluding hydrogens is 252 g/mol. The van der Waals surface area contributed by atoms with Crippen LogP contribution in [0.3, 0.4) is 0 Å². The fourth-order valence-corrected chi connectivity index (χ4v) is 2.74. The van der Waals surface area contributed by atoms with E-state index < -0.39 is 0 Å². The molecule has 0 spiro atoms. The van der Waals surface area contributed by atoms with Crippen molar-refractivity contribution in [3.8, 4) is 0 Å². The molecule has 0 saturated heterocycles. The fraction of sp³-hybridized carbons (Fsp3) is 0.733. The van der Waals surface area contributed by atoms with Gasteiger partial charge in [0.15, 0.2) is 0 Å². The summed E-state index contributed by atoms with van der Waals surface area (Å²) in [5.41, 5.74) is 1.10. The lowest BCUT2D eigenvalue weighted by Gasteiger charge is -2.35. The van der Waals surface area contributed by atoms with E-state index in [1.807, 2.05) is 0 Å². The van der Waals surface area contributed by atoms with Gasteiger partial charge in [0.2, 0.25) is 0 Å². The van der Waals surface area contributed by atoms with Crippen LogP contribution in [0.1, 0.15) is 38.1 Å². The third kappa shape index (κ3) is 3.20. The van der Waals surface area contributed by atoms with E-state index in [1.54, 1.807) is 0 Å². The van der Waals surface area contributed by atoms with Crippen molar-refractivity contribution in [2.75, 3.05) is 30.4 Å². The first kappa shape index (κ1) is 15.0. The summed E-state index contributed by atoms with van der Waals surface area (Å²) in [7, 11) is 2.08. The number of nitrogens with one attached hydrogen (secondary N) is 1. The molecule has 5 nitrogen and oxygen atoms in total. The van der Waals surface area contributed by atoms with Crippen LogP contribution in [0.4, 0.5) is 11.6 Å². The molecule has 1 aliphatic rings. The normalized spacial score (nSPS) is 21.4. The van der Waals surface area contributed by atoms with E-state index in [0.29, 0.717) is 5.92 Å². The summed E-state index contributed by atoms with van der Waals surface area (Å²) in [5.74, 6) is 3.41. The van der Waals surface area contributed by atoms with Crippen molar-refractivity contribution in [2.24, 2.45) is 5.92 Å². The number of hydrogen-bond acceptors (Lipinski definition) is 5. The van der Waals surface area contributed by atoms with Crippen LogP contribution in [-0.2, 0) is 6.42 Å². The van der Waals surface area contributed by atoms with Gasteiger partial charge in [-0.25, -0.2) is 9.97 Å². The van der Waals surface area contributed by atoms with Crippen LogP contribution in [0.25, 0.3) is 0 Å². The number of rotatable bonds is 6. The average molecular weight is 278 g/mol. The lowest BCUT2D eigenvalue weighted by atomic mass is 9.82. The lowest BCUT2D eigenvalue weighted by Crippen LogP contribution is -2.37. The molecule has 0 amide bonds. The zero-order valence-corrected chi connectivity index (χ0v) is 13.0. The minimum Gasteiger partial charge on any atom is -0.393 e. The Bertz CT molecular complexity index is 457. The first-order chi connectivity index (χ1) is 9.55. The third-order valence-corrected chi connectivity index (χ3v) is 3.93. The van der Waals surface area contributed by atoms with Gasteiger partial charge in [0.25, 0.3) is 0 Å². The van der Waals surface area contributed by atoms with Crippen molar-refractivity contribution >= 4 is 11.6 Å². The topological polar surface area (TPSA) is 61.3 Å². The molecule has 20 heavy (non-hydrogen) atoms. The zero-order valence-electron chi connectivity index (χ0n) is 13.0. The molecule has 0 aliphatic heterocycles. The Labute approximate surface area is 121 Å². The largest absolute Gasteiger partial charge is 0.393 e. The highest BCUT2D eigenvalue weighted by molar-refractivity contribution is 5.58. The van der Waals surface area contributed by atoms with Crippen molar-refractivity contribution in [1.29, 1.82) is 0 Å². The van der Waals surface area contributed by atoms with Crippen molar-refractivity contribution in [3.63, 3.8) is 0 Å². The van der Waals surface area contributed by atoms with Crippen LogP contribution >= 0.6 is 0 Å². The standard InChI is InChI=1S/C15H26N4O/c1-5-13-17-14(16-6-2)10(3)15(18-13)19(4)9-11-7-12(20)8-11/h11-12,20H,5-9H2,1-4H3,(H,16,17,18). The number of aryl methyl sites for hydroxylation is 1. The van der Waals surface area contributed by atoms with Gasteiger partial charge in [0.05, 0.1) is 6.10 Å². The summed E-state index contributed by atoms with van der Waals surface area (Å²) >= 11 is 0. The molecule has 0 unspecified atom stereocenters. The Hall–Kier alpha value is -1.36. The summed E-state index contributed by atoms with van der Waals surface area (Å²) < 4.78 is 0. The van der Waals surface area contributed by atoms with Crippen LogP contribution in [-0.4, -0.2) is 41.3 Å². The van der Waals surface area contributed by atoms with E-state index in [9.17, 15) is 5.11 Å². The highest BCUT2D eigenvalue weighted by Crippen LogP contribution is 2.30. The molecule has 0 bridgehead atoms. The summed E-state index contributed by atoms with van der Waals surface area (Å²) in [6.07, 6.45) is 2.56. The van der Waals surface area contributed by atoms with E-state index >= 15 is 0 Å². The SMILES string of the molecule is CCNc1nc(CC)nc(N(C)CC2CC(O)C2)c1C. The van der Waals surface area contributed by atoms with E-state index in [1.165, 1.54) is 0 Å². The molecule has 0 aromatic carbocycles. The minimum atomic E-state index is -0.0941. The maximum atomic E-state index is 9.40. The quantitative estimate of drug-likeness (QED) is 0.833. The summed E-state index contributed by atoms with van der Waals surface area (Å²) in [6, 6.07) is 0. The number of nitrogens with zero attached hydrogens (tertiary/aromatic N) is 3. The number of anilines is 2. The molecular formula is C15H26N4O. The van der Waals surface area contributed by atoms with Gasteiger partial charge in [-0.15, -0.1) is 0 Å². The molecule has 5 heteroatoms. The summed E-state index contributed by atoms with van der Waals surface area (Å²) in [5, 5.41) is 12.7. The van der Waals surface area contributed by atoms with Crippen LogP contribution < -0.4 is 10.2 Å². The molecule has 1 fully saturated rings. The predicted octanol–water partition coefficient (Wildman–Crippen LogP) is 1.99. The van der Waals surface area contributed by atoms with E-state index in [2.05, 4.69) is 48.0 Å². The molecule has 0 radical (unpaired) electrons. The van der Waals surface area contributed by atoms with Gasteiger partial charge in [-0.1, -0.05) is 6.92 Å². The van der Waals surface area contributed by atoms with Gasteiger partial charge in [-0.3, -0.25) is 0 Å². The number of aliphatic hydroxyl groups excluding tert-OH is 1. The third-order valence-electron chi connectivity index (χ3n) is 3.93. The average Bonchev–Trinajstić information content (AvgIpc) is 2.39. The van der Waals surface area contributed by atoms with Crippen molar-refractivity contribution < 1.29 is 5.11 Å². The first-order valence-electron chi connectivity index (χ1n) is 7.55. The van der Waals surface area contributed by atoms with Crippen LogP contribution in [0.5, 0.6) is 0 Å². The Kier molecular flexibility index (Phi) is 4.81. The molecule has 2 rings (SSSR count). The fourth-order valence-electron chi connectivity index (χ4n) is 2.74. The lowest BCUT2D eigenvalue weighted by molar-refractivity contribution is 0.0464. The Morgan fingerprint density at radius 2 is 2.00 bits per heavy atom. The van der Waals surface area contributed by atoms with Gasteiger partial charge in [0, 0.05) is 32.1 Å². The second-order valence-electron chi connectivity index (χ2n) is 5.69. The smallest absolute Gasteiger partial charge is 0.137 e. The first-order valence-corrected chi connectivity index (χ1v) is 7.55.